The smallest absolute Gasteiger partial charge is 0.343 e. The predicted molar refractivity (Wildman–Crippen MR) is 92.2 cm³/mol. The molecular weight excluding hydrogens is 348 g/mol. The second-order valence-corrected chi connectivity index (χ2v) is 5.22. The van der Waals surface area contributed by atoms with E-state index in [4.69, 9.17) is 31.7 Å². The summed E-state index contributed by atoms with van der Waals surface area (Å²) < 4.78 is 15.8. The lowest BCUT2D eigenvalue weighted by Crippen LogP contribution is -2.30. The minimum Gasteiger partial charge on any atom is -0.497 e. The Morgan fingerprint density at radius 1 is 1.16 bits per heavy atom. The van der Waals surface area contributed by atoms with Crippen LogP contribution in [0, 0.1) is 0 Å². The standard InChI is InChI=1S/C17H17ClN2O5/c1-3-24-14-9-11(16(21)20-19)8-13(18)15(14)25-17(22)10-4-6-12(23-2)7-5-10/h4-9H,3,19H2,1-2H3,(H,20,21). The number of halogens is 1. The average Bonchev–Trinajstić information content (AvgIpc) is 2.63. The van der Waals surface area contributed by atoms with Gasteiger partial charge in [0.1, 0.15) is 5.75 Å². The summed E-state index contributed by atoms with van der Waals surface area (Å²) in [6.07, 6.45) is 0. The monoisotopic (exact) mass is 364 g/mol. The van der Waals surface area contributed by atoms with Gasteiger partial charge in [0.25, 0.3) is 5.91 Å². The van der Waals surface area contributed by atoms with Crippen LogP contribution in [-0.4, -0.2) is 25.6 Å². The van der Waals surface area contributed by atoms with Crippen molar-refractivity contribution in [1.82, 2.24) is 5.43 Å². The Kier molecular flexibility index (Phi) is 6.21. The van der Waals surface area contributed by atoms with Crippen LogP contribution in [0.1, 0.15) is 27.6 Å². The fourth-order valence-corrected chi connectivity index (χ4v) is 2.27. The maximum Gasteiger partial charge on any atom is 0.343 e. The van der Waals surface area contributed by atoms with Gasteiger partial charge < -0.3 is 14.2 Å². The molecule has 0 unspecified atom stereocenters. The molecule has 132 valence electrons. The number of nitrogens with one attached hydrogen (secondary N) is 1. The number of methoxy groups -OCH3 is 1. The molecule has 2 aromatic carbocycles. The third kappa shape index (κ3) is 4.40. The van der Waals surface area contributed by atoms with Gasteiger partial charge in [-0.15, -0.1) is 0 Å². The zero-order valence-corrected chi connectivity index (χ0v) is 14.4. The van der Waals surface area contributed by atoms with E-state index in [9.17, 15) is 9.59 Å². The Bertz CT molecular complexity index is 777. The molecule has 2 aromatic rings. The van der Waals surface area contributed by atoms with E-state index in [2.05, 4.69) is 0 Å². The van der Waals surface area contributed by atoms with E-state index in [1.807, 2.05) is 5.43 Å². The van der Waals surface area contributed by atoms with Crippen LogP contribution in [0.3, 0.4) is 0 Å². The maximum atomic E-state index is 12.3. The predicted octanol–water partition coefficient (Wildman–Crippen LogP) is 2.57. The number of rotatable bonds is 6. The van der Waals surface area contributed by atoms with Gasteiger partial charge in [0.2, 0.25) is 0 Å². The lowest BCUT2D eigenvalue weighted by molar-refractivity contribution is 0.0728. The molecule has 8 heteroatoms. The Balaban J connectivity index is 2.33. The molecule has 0 aliphatic heterocycles. The van der Waals surface area contributed by atoms with Crippen molar-refractivity contribution < 1.29 is 23.8 Å². The molecule has 1 amide bonds. The first-order valence-electron chi connectivity index (χ1n) is 7.33. The SMILES string of the molecule is CCOc1cc(C(=O)NN)cc(Cl)c1OC(=O)c1ccc(OC)cc1. The molecule has 0 aliphatic carbocycles. The van der Waals surface area contributed by atoms with Gasteiger partial charge in [-0.2, -0.15) is 0 Å². The van der Waals surface area contributed by atoms with E-state index in [1.54, 1.807) is 31.2 Å². The number of ether oxygens (including phenoxy) is 3. The van der Waals surface area contributed by atoms with Crippen LogP contribution in [0.4, 0.5) is 0 Å². The number of esters is 1. The largest absolute Gasteiger partial charge is 0.497 e. The van der Waals surface area contributed by atoms with Crippen LogP contribution in [0.25, 0.3) is 0 Å². The summed E-state index contributed by atoms with van der Waals surface area (Å²) in [7, 11) is 1.53. The highest BCUT2D eigenvalue weighted by Gasteiger charge is 2.19. The first-order valence-corrected chi connectivity index (χ1v) is 7.71. The van der Waals surface area contributed by atoms with E-state index in [0.29, 0.717) is 11.3 Å². The van der Waals surface area contributed by atoms with Crippen molar-refractivity contribution in [3.63, 3.8) is 0 Å². The fourth-order valence-electron chi connectivity index (χ4n) is 2.02. The molecule has 0 atom stereocenters. The molecule has 2 rings (SSSR count). The number of nitrogens with two attached hydrogens (primary N) is 1. The minimum atomic E-state index is -0.624. The normalized spacial score (nSPS) is 10.1. The number of benzene rings is 2. The Labute approximate surface area is 149 Å². The lowest BCUT2D eigenvalue weighted by atomic mass is 10.2. The highest BCUT2D eigenvalue weighted by molar-refractivity contribution is 6.33. The molecule has 0 spiro atoms. The summed E-state index contributed by atoms with van der Waals surface area (Å²) >= 11 is 6.15. The summed E-state index contributed by atoms with van der Waals surface area (Å²) in [6, 6.07) is 9.13. The number of hydrogen-bond acceptors (Lipinski definition) is 6. The summed E-state index contributed by atoms with van der Waals surface area (Å²) in [5.41, 5.74) is 2.49. The number of amides is 1. The topological polar surface area (TPSA) is 99.9 Å². The molecule has 3 N–H and O–H groups in total. The van der Waals surface area contributed by atoms with Gasteiger partial charge in [0.15, 0.2) is 11.5 Å². The number of carbonyl (C=O) groups is 2. The van der Waals surface area contributed by atoms with Gasteiger partial charge in [-0.3, -0.25) is 10.2 Å². The Hall–Kier alpha value is -2.77. The Morgan fingerprint density at radius 3 is 2.40 bits per heavy atom. The van der Waals surface area contributed by atoms with E-state index >= 15 is 0 Å². The fraction of sp³-hybridized carbons (Fsp3) is 0.176. The van der Waals surface area contributed by atoms with E-state index < -0.39 is 11.9 Å². The van der Waals surface area contributed by atoms with Crippen molar-refractivity contribution in [1.29, 1.82) is 0 Å². The number of carbonyl (C=O) groups excluding carboxylic acids is 2. The van der Waals surface area contributed by atoms with E-state index in [1.165, 1.54) is 19.2 Å². The van der Waals surface area contributed by atoms with Crippen molar-refractivity contribution in [2.75, 3.05) is 13.7 Å². The highest BCUT2D eigenvalue weighted by Crippen LogP contribution is 2.37. The van der Waals surface area contributed by atoms with Gasteiger partial charge in [0, 0.05) is 5.56 Å². The van der Waals surface area contributed by atoms with Crippen molar-refractivity contribution >= 4 is 23.5 Å². The van der Waals surface area contributed by atoms with Gasteiger partial charge in [-0.25, -0.2) is 10.6 Å². The zero-order valence-electron chi connectivity index (χ0n) is 13.7. The van der Waals surface area contributed by atoms with Crippen LogP contribution in [-0.2, 0) is 0 Å². The van der Waals surface area contributed by atoms with Crippen LogP contribution in [0.5, 0.6) is 17.2 Å². The van der Waals surface area contributed by atoms with Crippen LogP contribution in [0.15, 0.2) is 36.4 Å². The second-order valence-electron chi connectivity index (χ2n) is 4.81. The van der Waals surface area contributed by atoms with Gasteiger partial charge in [-0.05, 0) is 43.3 Å². The summed E-state index contributed by atoms with van der Waals surface area (Å²) in [5, 5.41) is 0.0476. The quantitative estimate of drug-likeness (QED) is 0.269. The second kappa shape index (κ2) is 8.36. The highest BCUT2D eigenvalue weighted by atomic mass is 35.5. The van der Waals surface area contributed by atoms with Crippen LogP contribution in [0.2, 0.25) is 5.02 Å². The zero-order chi connectivity index (χ0) is 18.4. The molecule has 0 fully saturated rings. The number of hydrogen-bond donors (Lipinski definition) is 2. The van der Waals surface area contributed by atoms with E-state index in [-0.39, 0.29) is 28.7 Å². The molecule has 0 aromatic heterocycles. The average molecular weight is 365 g/mol. The number of nitrogen functional groups attached to an aromatic ring is 1. The van der Waals surface area contributed by atoms with Gasteiger partial charge >= 0.3 is 5.97 Å². The van der Waals surface area contributed by atoms with Crippen molar-refractivity contribution in [2.24, 2.45) is 5.84 Å². The van der Waals surface area contributed by atoms with Gasteiger partial charge in [0.05, 0.1) is 24.3 Å². The molecule has 0 aliphatic rings. The third-order valence-electron chi connectivity index (χ3n) is 3.22. The summed E-state index contributed by atoms with van der Waals surface area (Å²) in [6.45, 7) is 2.04. The van der Waals surface area contributed by atoms with Gasteiger partial charge in [-0.1, -0.05) is 11.6 Å². The third-order valence-corrected chi connectivity index (χ3v) is 3.50. The molecule has 25 heavy (non-hydrogen) atoms. The lowest BCUT2D eigenvalue weighted by Gasteiger charge is -2.14. The molecule has 7 nitrogen and oxygen atoms in total. The van der Waals surface area contributed by atoms with Crippen molar-refractivity contribution in [2.45, 2.75) is 6.92 Å². The first kappa shape index (κ1) is 18.6. The molecule has 0 bridgehead atoms. The molecule has 0 radical (unpaired) electrons. The van der Waals surface area contributed by atoms with E-state index in [0.717, 1.165) is 0 Å². The minimum absolute atomic E-state index is 0.0258. The van der Waals surface area contributed by atoms with Crippen LogP contribution < -0.4 is 25.5 Å². The number of hydrazine groups is 1. The molecular formula is C17H17ClN2O5. The van der Waals surface area contributed by atoms with Crippen LogP contribution >= 0.6 is 11.6 Å². The first-order chi connectivity index (χ1) is 12.0. The van der Waals surface area contributed by atoms with Crippen molar-refractivity contribution in [3.8, 4) is 17.2 Å². The van der Waals surface area contributed by atoms with Crippen molar-refractivity contribution in [3.05, 3.63) is 52.5 Å². The summed E-state index contributed by atoms with van der Waals surface area (Å²) in [4.78, 5) is 24.0. The molecule has 0 heterocycles. The molecule has 0 saturated carbocycles. The molecule has 0 saturated heterocycles. The summed E-state index contributed by atoms with van der Waals surface area (Å²) in [5.74, 6) is 4.75. The Morgan fingerprint density at radius 2 is 1.84 bits per heavy atom. The maximum absolute atomic E-state index is 12.3.